The summed E-state index contributed by atoms with van der Waals surface area (Å²) in [6, 6.07) is 14.3. The number of nitrogens with zero attached hydrogens (tertiary/aromatic N) is 1. The molecule has 5 nitrogen and oxygen atoms in total. The molecule has 0 aliphatic heterocycles. The molecule has 1 atom stereocenters. The van der Waals surface area contributed by atoms with Crippen LogP contribution in [0.25, 0.3) is 0 Å². The maximum absolute atomic E-state index is 9.42. The standard InChI is InChI=1S/C15H16BN3O2/c1-21-15(19-16)18-14(10-5-7-13(20)8-6-10)11-3-2-4-12(17)9-11/h2-9,14,20H,17H2,1H3,(H,18,19). The fourth-order valence-corrected chi connectivity index (χ4v) is 2.04. The minimum Gasteiger partial charge on any atom is -0.508 e. The monoisotopic (exact) mass is 281 g/mol. The fourth-order valence-electron chi connectivity index (χ4n) is 2.04. The molecule has 6 heteroatoms. The summed E-state index contributed by atoms with van der Waals surface area (Å²) in [5.41, 5.74) is 8.34. The quantitative estimate of drug-likeness (QED) is 0.346. The third-order valence-electron chi connectivity index (χ3n) is 3.05. The van der Waals surface area contributed by atoms with Gasteiger partial charge in [0.05, 0.1) is 13.2 Å². The third-order valence-corrected chi connectivity index (χ3v) is 3.05. The summed E-state index contributed by atoms with van der Waals surface area (Å²) in [6.07, 6.45) is 0. The number of anilines is 1. The molecule has 21 heavy (non-hydrogen) atoms. The summed E-state index contributed by atoms with van der Waals surface area (Å²) in [6.45, 7) is 0. The van der Waals surface area contributed by atoms with Crippen LogP contribution in [-0.2, 0) is 4.74 Å². The van der Waals surface area contributed by atoms with Crippen LogP contribution in [-0.4, -0.2) is 26.2 Å². The number of methoxy groups -OCH3 is 1. The van der Waals surface area contributed by atoms with E-state index in [1.165, 1.54) is 7.11 Å². The van der Waals surface area contributed by atoms with Gasteiger partial charge in [-0.05, 0) is 35.4 Å². The highest BCUT2D eigenvalue weighted by Gasteiger charge is 2.16. The molecule has 0 fully saturated rings. The Bertz CT molecular complexity index is 629. The van der Waals surface area contributed by atoms with Gasteiger partial charge in [0, 0.05) is 5.69 Å². The van der Waals surface area contributed by atoms with Crippen molar-refractivity contribution in [1.29, 1.82) is 0 Å². The van der Waals surface area contributed by atoms with Gasteiger partial charge in [-0.1, -0.05) is 24.3 Å². The van der Waals surface area contributed by atoms with Crippen LogP contribution >= 0.6 is 0 Å². The zero-order valence-electron chi connectivity index (χ0n) is 11.7. The lowest BCUT2D eigenvalue weighted by atomic mass is 9.98. The summed E-state index contributed by atoms with van der Waals surface area (Å²) >= 11 is 0. The third kappa shape index (κ3) is 3.69. The van der Waals surface area contributed by atoms with Crippen molar-refractivity contribution in [2.24, 2.45) is 4.90 Å². The molecule has 0 bridgehead atoms. The van der Waals surface area contributed by atoms with Gasteiger partial charge in [-0.15, -0.1) is 0 Å². The molecule has 0 aliphatic carbocycles. The summed E-state index contributed by atoms with van der Waals surface area (Å²) < 4.78 is 5.06. The first-order valence-corrected chi connectivity index (χ1v) is 6.37. The highest BCUT2D eigenvalue weighted by atomic mass is 16.5. The van der Waals surface area contributed by atoms with E-state index in [0.29, 0.717) is 5.69 Å². The summed E-state index contributed by atoms with van der Waals surface area (Å²) in [4.78, 5) is 3.54. The van der Waals surface area contributed by atoms with Gasteiger partial charge in [0.25, 0.3) is 14.0 Å². The smallest absolute Gasteiger partial charge is 0.269 e. The van der Waals surface area contributed by atoms with Crippen molar-refractivity contribution in [2.45, 2.75) is 6.04 Å². The van der Waals surface area contributed by atoms with Gasteiger partial charge in [0.15, 0.2) is 0 Å². The number of hydrogen-bond acceptors (Lipinski definition) is 4. The Morgan fingerprint density at radius 2 is 1.95 bits per heavy atom. The van der Waals surface area contributed by atoms with Crippen LogP contribution in [0.15, 0.2) is 53.4 Å². The van der Waals surface area contributed by atoms with Crippen molar-refractivity contribution >= 4 is 19.7 Å². The van der Waals surface area contributed by atoms with E-state index in [9.17, 15) is 5.11 Å². The van der Waals surface area contributed by atoms with Crippen molar-refractivity contribution in [3.63, 3.8) is 0 Å². The number of rotatable bonds is 3. The number of nitrogens with two attached hydrogens (primary N) is 1. The first-order valence-electron chi connectivity index (χ1n) is 6.37. The van der Waals surface area contributed by atoms with Gasteiger partial charge in [0.1, 0.15) is 5.75 Å². The maximum atomic E-state index is 9.42. The molecule has 2 aromatic carbocycles. The van der Waals surface area contributed by atoms with Crippen LogP contribution in [0.5, 0.6) is 5.75 Å². The molecule has 106 valence electrons. The number of nitrogens with one attached hydrogen (secondary N) is 1. The molecule has 0 aliphatic rings. The van der Waals surface area contributed by atoms with E-state index >= 15 is 0 Å². The normalized spacial score (nSPS) is 12.7. The number of phenols is 1. The van der Waals surface area contributed by atoms with Gasteiger partial charge in [-0.3, -0.25) is 0 Å². The van der Waals surface area contributed by atoms with E-state index in [1.807, 2.05) is 24.3 Å². The lowest BCUT2D eigenvalue weighted by Crippen LogP contribution is -2.30. The summed E-state index contributed by atoms with van der Waals surface area (Å²) in [5.74, 6) is 0.199. The predicted octanol–water partition coefficient (Wildman–Crippen LogP) is 1.74. The molecule has 2 aromatic rings. The Morgan fingerprint density at radius 3 is 2.52 bits per heavy atom. The van der Waals surface area contributed by atoms with E-state index < -0.39 is 0 Å². The molecule has 0 aromatic heterocycles. The molecule has 0 spiro atoms. The van der Waals surface area contributed by atoms with Crippen LogP contribution in [0.3, 0.4) is 0 Å². The Balaban J connectivity index is 2.41. The average Bonchev–Trinajstić information content (AvgIpc) is 2.50. The number of hydrogen-bond donors (Lipinski definition) is 3. The first kappa shape index (κ1) is 14.8. The average molecular weight is 281 g/mol. The van der Waals surface area contributed by atoms with Crippen molar-refractivity contribution in [1.82, 2.24) is 5.32 Å². The summed E-state index contributed by atoms with van der Waals surface area (Å²) in [5, 5.41) is 12.5. The van der Waals surface area contributed by atoms with Gasteiger partial charge < -0.3 is 25.8 Å². The van der Waals surface area contributed by atoms with Crippen molar-refractivity contribution in [2.75, 3.05) is 12.8 Å². The Kier molecular flexibility index (Phi) is 4.71. The zero-order chi connectivity index (χ0) is 15.2. The molecule has 1 unspecified atom stereocenters. The number of nitrogen functional groups attached to an aromatic ring is 1. The maximum Gasteiger partial charge on any atom is 0.269 e. The van der Waals surface area contributed by atoms with Crippen molar-refractivity contribution < 1.29 is 9.84 Å². The van der Waals surface area contributed by atoms with Crippen LogP contribution in [0.2, 0.25) is 0 Å². The molecular weight excluding hydrogens is 265 g/mol. The minimum absolute atomic E-state index is 0.199. The molecule has 2 radical (unpaired) electrons. The number of ether oxygens (including phenoxy) is 1. The SMILES string of the molecule is [B]N=C(NC(c1ccc(O)cc1)c1cccc(N)c1)OC. The predicted molar refractivity (Wildman–Crippen MR) is 84.1 cm³/mol. The molecule has 0 heterocycles. The highest BCUT2D eigenvalue weighted by molar-refractivity contribution is 6.11. The number of amidine groups is 1. The topological polar surface area (TPSA) is 79.9 Å². The largest absolute Gasteiger partial charge is 0.508 e. The molecule has 0 amide bonds. The van der Waals surface area contributed by atoms with Gasteiger partial charge in [-0.2, -0.15) is 0 Å². The molecule has 0 saturated heterocycles. The summed E-state index contributed by atoms with van der Waals surface area (Å²) in [7, 11) is 6.76. The lowest BCUT2D eigenvalue weighted by Gasteiger charge is -2.21. The number of aromatic hydroxyl groups is 1. The minimum atomic E-state index is -0.253. The second kappa shape index (κ2) is 6.70. The van der Waals surface area contributed by atoms with Crippen molar-refractivity contribution in [3.8, 4) is 5.75 Å². The van der Waals surface area contributed by atoms with Gasteiger partial charge in [-0.25, -0.2) is 0 Å². The number of benzene rings is 2. The molecule has 2 rings (SSSR count). The second-order valence-electron chi connectivity index (χ2n) is 4.48. The highest BCUT2D eigenvalue weighted by Crippen LogP contribution is 2.25. The molecule has 0 saturated carbocycles. The van der Waals surface area contributed by atoms with E-state index in [2.05, 4.69) is 10.2 Å². The Hall–Kier alpha value is -2.63. The zero-order valence-corrected chi connectivity index (χ0v) is 11.7. The molecule has 4 N–H and O–H groups in total. The van der Waals surface area contributed by atoms with E-state index in [-0.39, 0.29) is 17.8 Å². The molecular formula is C15H16BN3O2. The van der Waals surface area contributed by atoms with Crippen molar-refractivity contribution in [3.05, 3.63) is 59.7 Å². The van der Waals surface area contributed by atoms with Crippen LogP contribution in [0.1, 0.15) is 17.2 Å². The van der Waals surface area contributed by atoms with Gasteiger partial charge >= 0.3 is 0 Å². The first-order chi connectivity index (χ1) is 10.1. The Morgan fingerprint density at radius 1 is 1.24 bits per heavy atom. The lowest BCUT2D eigenvalue weighted by molar-refractivity contribution is 0.376. The van der Waals surface area contributed by atoms with E-state index in [0.717, 1.165) is 11.1 Å². The number of phenolic OH excluding ortho intramolecular Hbond substituents is 1. The second-order valence-corrected chi connectivity index (χ2v) is 4.48. The van der Waals surface area contributed by atoms with Crippen LogP contribution in [0, 0.1) is 0 Å². The van der Waals surface area contributed by atoms with E-state index in [1.54, 1.807) is 24.3 Å². The van der Waals surface area contributed by atoms with Crippen LogP contribution < -0.4 is 11.1 Å². The van der Waals surface area contributed by atoms with E-state index in [4.69, 9.17) is 18.5 Å². The fraction of sp³-hybridized carbons (Fsp3) is 0.133. The van der Waals surface area contributed by atoms with Gasteiger partial charge in [0.2, 0.25) is 0 Å². The van der Waals surface area contributed by atoms with Crippen LogP contribution in [0.4, 0.5) is 5.69 Å². The Labute approximate surface area is 124 Å².